The van der Waals surface area contributed by atoms with Crippen LogP contribution in [0.5, 0.6) is 0 Å². The second-order valence-electron chi connectivity index (χ2n) is 5.79. The molecule has 0 amide bonds. The van der Waals surface area contributed by atoms with Crippen LogP contribution in [0.4, 0.5) is 11.4 Å². The Balaban J connectivity index is 1.81. The lowest BCUT2D eigenvalue weighted by Gasteiger charge is -2.40. The smallest absolute Gasteiger partial charge is 0.0644 e. The van der Waals surface area contributed by atoms with Gasteiger partial charge in [-0.2, -0.15) is 0 Å². The van der Waals surface area contributed by atoms with Crippen molar-refractivity contribution >= 4 is 11.4 Å². The topological polar surface area (TPSA) is 39.1 Å². The highest BCUT2D eigenvalue weighted by molar-refractivity contribution is 5.80. The third-order valence-electron chi connectivity index (χ3n) is 4.89. The molecule has 0 saturated carbocycles. The molecule has 19 heavy (non-hydrogen) atoms. The lowest BCUT2D eigenvalue weighted by atomic mass is 9.90. The zero-order valence-electron chi connectivity index (χ0n) is 11.1. The van der Waals surface area contributed by atoms with E-state index in [2.05, 4.69) is 40.3 Å². The number of benzene rings is 1. The minimum absolute atomic E-state index is 0.438. The van der Waals surface area contributed by atoms with Gasteiger partial charge >= 0.3 is 0 Å². The maximum absolute atomic E-state index is 10.8. The Morgan fingerprint density at radius 2 is 2.16 bits per heavy atom. The number of piperidine rings is 1. The molecule has 1 saturated heterocycles. The van der Waals surface area contributed by atoms with Crippen LogP contribution in [0.2, 0.25) is 0 Å². The fourth-order valence-electron chi connectivity index (χ4n) is 3.97. The molecule has 0 N–H and O–H groups in total. The first-order valence-electron chi connectivity index (χ1n) is 6.98. The molecule has 1 aromatic carbocycles. The van der Waals surface area contributed by atoms with Crippen molar-refractivity contribution in [2.45, 2.75) is 18.4 Å². The van der Waals surface area contributed by atoms with Crippen LogP contribution in [-0.4, -0.2) is 44.3 Å². The predicted octanol–water partition coefficient (Wildman–Crippen LogP) is 1.80. The molecule has 100 valence electrons. The quantitative estimate of drug-likeness (QED) is 0.720. The number of nitroso groups, excluding NO2 is 1. The van der Waals surface area contributed by atoms with Crippen LogP contribution >= 0.6 is 0 Å². The molecule has 0 aliphatic carbocycles. The molecule has 5 nitrogen and oxygen atoms in total. The van der Waals surface area contributed by atoms with Gasteiger partial charge in [-0.1, -0.05) is 12.1 Å². The van der Waals surface area contributed by atoms with Crippen LogP contribution < -0.4 is 9.80 Å². The second kappa shape index (κ2) is 3.85. The highest BCUT2D eigenvalue weighted by Crippen LogP contribution is 2.50. The van der Waals surface area contributed by atoms with Gasteiger partial charge in [0.1, 0.15) is 0 Å². The van der Waals surface area contributed by atoms with Crippen molar-refractivity contribution in [1.82, 2.24) is 5.01 Å². The number of nitrogens with zero attached hydrogens (tertiary/aromatic N) is 4. The van der Waals surface area contributed by atoms with Gasteiger partial charge in [0.2, 0.25) is 0 Å². The van der Waals surface area contributed by atoms with Gasteiger partial charge in [0.25, 0.3) is 0 Å². The second-order valence-corrected chi connectivity index (χ2v) is 5.79. The molecular weight excluding hydrogens is 240 g/mol. The Morgan fingerprint density at radius 1 is 1.26 bits per heavy atom. The van der Waals surface area contributed by atoms with Gasteiger partial charge in [-0.25, -0.2) is 0 Å². The summed E-state index contributed by atoms with van der Waals surface area (Å²) in [4.78, 5) is 15.7. The highest BCUT2D eigenvalue weighted by Gasteiger charge is 2.44. The van der Waals surface area contributed by atoms with E-state index in [0.717, 1.165) is 32.6 Å². The summed E-state index contributed by atoms with van der Waals surface area (Å²) in [7, 11) is 2.16. The van der Waals surface area contributed by atoms with Gasteiger partial charge in [0.15, 0.2) is 0 Å². The van der Waals surface area contributed by atoms with E-state index >= 15 is 0 Å². The molecule has 3 aliphatic heterocycles. The summed E-state index contributed by atoms with van der Waals surface area (Å²) >= 11 is 0. The Labute approximate surface area is 112 Å². The Bertz CT molecular complexity index is 532. The summed E-state index contributed by atoms with van der Waals surface area (Å²) in [5.41, 5.74) is 4.14. The van der Waals surface area contributed by atoms with E-state index in [4.69, 9.17) is 0 Å². The predicted molar refractivity (Wildman–Crippen MR) is 75.6 cm³/mol. The minimum Gasteiger partial charge on any atom is -0.371 e. The molecule has 5 heteroatoms. The maximum Gasteiger partial charge on any atom is 0.0644 e. The first kappa shape index (κ1) is 11.1. The van der Waals surface area contributed by atoms with Crippen LogP contribution in [0.1, 0.15) is 17.9 Å². The Hall–Kier alpha value is -1.78. The number of anilines is 2. The molecule has 2 atom stereocenters. The molecule has 0 spiro atoms. The number of likely N-dealkylation sites (N-methyl/N-ethyl adjacent to an activating group) is 1. The molecule has 1 aromatic rings. The van der Waals surface area contributed by atoms with Crippen molar-refractivity contribution in [3.8, 4) is 0 Å². The van der Waals surface area contributed by atoms with E-state index < -0.39 is 0 Å². The van der Waals surface area contributed by atoms with Gasteiger partial charge < -0.3 is 9.80 Å². The molecule has 4 rings (SSSR count). The summed E-state index contributed by atoms with van der Waals surface area (Å²) < 4.78 is 0. The maximum atomic E-state index is 10.8. The van der Waals surface area contributed by atoms with Crippen LogP contribution in [0.3, 0.4) is 0 Å². The molecule has 0 unspecified atom stereocenters. The summed E-state index contributed by atoms with van der Waals surface area (Å²) in [6.45, 7) is 3.73. The van der Waals surface area contributed by atoms with E-state index in [-0.39, 0.29) is 0 Å². The van der Waals surface area contributed by atoms with Crippen molar-refractivity contribution in [3.05, 3.63) is 28.7 Å². The van der Waals surface area contributed by atoms with Gasteiger partial charge in [-0.15, -0.1) is 4.91 Å². The third kappa shape index (κ3) is 1.41. The van der Waals surface area contributed by atoms with E-state index in [0.29, 0.717) is 12.0 Å². The summed E-state index contributed by atoms with van der Waals surface area (Å²) in [5.74, 6) is 0.438. The molecule has 1 fully saturated rings. The average Bonchev–Trinajstić information content (AvgIpc) is 2.78. The number of rotatable bonds is 1. The van der Waals surface area contributed by atoms with E-state index in [9.17, 15) is 4.91 Å². The van der Waals surface area contributed by atoms with Crippen LogP contribution in [0, 0.1) is 4.91 Å². The first-order valence-corrected chi connectivity index (χ1v) is 6.98. The van der Waals surface area contributed by atoms with Crippen molar-refractivity contribution in [2.24, 2.45) is 5.29 Å². The highest BCUT2D eigenvalue weighted by atomic mass is 16.3. The largest absolute Gasteiger partial charge is 0.371 e. The summed E-state index contributed by atoms with van der Waals surface area (Å²) in [6, 6.07) is 7.13. The zero-order chi connectivity index (χ0) is 13.0. The summed E-state index contributed by atoms with van der Waals surface area (Å²) in [6.07, 6.45) is 1.04. The van der Waals surface area contributed by atoms with Gasteiger partial charge in [-0.05, 0) is 18.1 Å². The van der Waals surface area contributed by atoms with Crippen molar-refractivity contribution in [1.29, 1.82) is 0 Å². The van der Waals surface area contributed by atoms with E-state index in [1.807, 2.05) is 0 Å². The fourth-order valence-corrected chi connectivity index (χ4v) is 3.97. The molecule has 0 radical (unpaired) electrons. The zero-order valence-corrected chi connectivity index (χ0v) is 11.1. The Kier molecular flexibility index (Phi) is 2.25. The first-order chi connectivity index (χ1) is 9.29. The average molecular weight is 258 g/mol. The standard InChI is InChI=1S/C14H18N4O/c1-16-7-8-18-12-5-6-17(15-19)9-11(12)10-3-2-4-13(16)14(10)18/h2-4,11-12H,5-9H2,1H3/t11-,12-/m0/s1. The molecule has 3 heterocycles. The minimum atomic E-state index is 0.438. The number of para-hydroxylation sites is 1. The fraction of sp³-hybridized carbons (Fsp3) is 0.571. The Morgan fingerprint density at radius 3 is 3.00 bits per heavy atom. The van der Waals surface area contributed by atoms with Crippen molar-refractivity contribution in [3.63, 3.8) is 0 Å². The van der Waals surface area contributed by atoms with Crippen LogP contribution in [-0.2, 0) is 0 Å². The summed E-state index contributed by atoms with van der Waals surface area (Å²) in [5, 5.41) is 4.82. The molecule has 0 aromatic heterocycles. The lowest BCUT2D eigenvalue weighted by molar-refractivity contribution is 0.198. The van der Waals surface area contributed by atoms with Crippen molar-refractivity contribution in [2.75, 3.05) is 43.0 Å². The SMILES string of the molecule is CN1CCN2c3c(cccc31)[C@@H]1CN(N=O)CC[C@@H]12. The lowest BCUT2D eigenvalue weighted by Crippen LogP contribution is -2.48. The van der Waals surface area contributed by atoms with E-state index in [1.165, 1.54) is 16.9 Å². The molecule has 0 bridgehead atoms. The number of fused-ring (bicyclic) bond motifs is 3. The van der Waals surface area contributed by atoms with Gasteiger partial charge in [0.05, 0.1) is 16.7 Å². The van der Waals surface area contributed by atoms with Crippen LogP contribution in [0.15, 0.2) is 23.5 Å². The van der Waals surface area contributed by atoms with E-state index in [1.54, 1.807) is 5.01 Å². The van der Waals surface area contributed by atoms with Gasteiger partial charge in [-0.3, -0.25) is 5.01 Å². The normalized spacial score (nSPS) is 28.2. The molecule has 3 aliphatic rings. The number of hydrogen-bond acceptors (Lipinski definition) is 4. The molecular formula is C14H18N4O. The number of hydrogen-bond donors (Lipinski definition) is 0. The van der Waals surface area contributed by atoms with Crippen LogP contribution in [0.25, 0.3) is 0 Å². The monoisotopic (exact) mass is 258 g/mol. The van der Waals surface area contributed by atoms with Gasteiger partial charge in [0, 0.05) is 45.2 Å². The third-order valence-corrected chi connectivity index (χ3v) is 4.89. The van der Waals surface area contributed by atoms with Crippen molar-refractivity contribution < 1.29 is 0 Å².